The highest BCUT2D eigenvalue weighted by molar-refractivity contribution is 6.30. The highest BCUT2D eigenvalue weighted by Crippen LogP contribution is 2.57. The number of hydrogen-bond donors (Lipinski definition) is 1. The summed E-state index contributed by atoms with van der Waals surface area (Å²) < 4.78 is 12.2. The Morgan fingerprint density at radius 3 is 2.34 bits per heavy atom. The van der Waals surface area contributed by atoms with E-state index in [0.717, 1.165) is 49.0 Å². The summed E-state index contributed by atoms with van der Waals surface area (Å²) in [5.41, 5.74) is 2.63. The van der Waals surface area contributed by atoms with Crippen molar-refractivity contribution in [1.82, 2.24) is 4.90 Å². The lowest BCUT2D eigenvalue weighted by atomic mass is 9.54. The molecule has 5 aliphatic rings. The van der Waals surface area contributed by atoms with Crippen LogP contribution in [0.3, 0.4) is 0 Å². The zero-order chi connectivity index (χ0) is 22.1. The van der Waals surface area contributed by atoms with Crippen molar-refractivity contribution in [2.75, 3.05) is 57.4 Å². The zero-order valence-corrected chi connectivity index (χ0v) is 20.2. The van der Waals surface area contributed by atoms with Crippen molar-refractivity contribution in [3.05, 3.63) is 28.8 Å². The van der Waals surface area contributed by atoms with Gasteiger partial charge in [0.1, 0.15) is 0 Å². The average molecular weight is 463 g/mol. The predicted molar refractivity (Wildman–Crippen MR) is 129 cm³/mol. The summed E-state index contributed by atoms with van der Waals surface area (Å²) in [6.45, 7) is 8.22. The largest absolute Gasteiger partial charge is 0.389 e. The molecule has 6 rings (SSSR count). The van der Waals surface area contributed by atoms with Gasteiger partial charge in [0, 0.05) is 43.4 Å². The minimum absolute atomic E-state index is 0.151. The Kier molecular flexibility index (Phi) is 7.01. The van der Waals surface area contributed by atoms with Crippen LogP contribution in [0, 0.1) is 24.7 Å². The molecule has 1 aromatic rings. The number of nitrogens with zero attached hydrogens (tertiary/aromatic N) is 2. The first-order valence-corrected chi connectivity index (χ1v) is 13.0. The molecule has 1 heterocycles. The molecular formula is C26H39ClN2O3. The number of anilines is 1. The maximum absolute atomic E-state index is 10.5. The van der Waals surface area contributed by atoms with Crippen LogP contribution in [0.2, 0.25) is 5.02 Å². The van der Waals surface area contributed by atoms with Gasteiger partial charge in [0.2, 0.25) is 0 Å². The number of aryl methyl sites for hydroxylation is 1. The van der Waals surface area contributed by atoms with E-state index in [2.05, 4.69) is 28.9 Å². The highest BCUT2D eigenvalue weighted by Gasteiger charge is 2.51. The molecule has 178 valence electrons. The Bertz CT molecular complexity index is 745. The van der Waals surface area contributed by atoms with E-state index in [-0.39, 0.29) is 5.60 Å². The lowest BCUT2D eigenvalue weighted by molar-refractivity contribution is -0.170. The van der Waals surface area contributed by atoms with E-state index in [1.807, 2.05) is 6.07 Å². The first kappa shape index (κ1) is 22.9. The van der Waals surface area contributed by atoms with E-state index in [1.165, 1.54) is 49.8 Å². The molecule has 5 nitrogen and oxygen atoms in total. The number of rotatable bonds is 9. The summed E-state index contributed by atoms with van der Waals surface area (Å²) >= 11 is 6.19. The van der Waals surface area contributed by atoms with Crippen molar-refractivity contribution >= 4 is 17.3 Å². The molecule has 1 saturated heterocycles. The predicted octanol–water partition coefficient (Wildman–Crippen LogP) is 4.13. The molecule has 1 N–H and O–H groups in total. The van der Waals surface area contributed by atoms with Crippen LogP contribution in [0.5, 0.6) is 0 Å². The second kappa shape index (κ2) is 9.79. The van der Waals surface area contributed by atoms with Crippen LogP contribution in [0.1, 0.15) is 44.1 Å². The zero-order valence-electron chi connectivity index (χ0n) is 19.5. The van der Waals surface area contributed by atoms with Crippen LogP contribution in [0.4, 0.5) is 5.69 Å². The van der Waals surface area contributed by atoms with Gasteiger partial charge in [-0.05, 0) is 80.9 Å². The number of piperazine rings is 1. The normalized spacial score (nSPS) is 33.1. The number of β-amino-alcohol motifs (C(OH)–C–C–N with tert-alkyl or cyclic N) is 1. The molecule has 4 bridgehead atoms. The molecule has 32 heavy (non-hydrogen) atoms. The number of aliphatic hydroxyl groups excluding tert-OH is 1. The quantitative estimate of drug-likeness (QED) is 0.559. The highest BCUT2D eigenvalue weighted by atomic mass is 35.5. The summed E-state index contributed by atoms with van der Waals surface area (Å²) in [5.74, 6) is 2.73. The molecule has 4 saturated carbocycles. The molecule has 0 aromatic heterocycles. The van der Waals surface area contributed by atoms with Crippen LogP contribution >= 0.6 is 11.6 Å². The fraction of sp³-hybridized carbons (Fsp3) is 0.769. The molecular weight excluding hydrogens is 424 g/mol. The molecule has 0 spiro atoms. The Labute approximate surface area is 198 Å². The van der Waals surface area contributed by atoms with Crippen LogP contribution < -0.4 is 4.90 Å². The van der Waals surface area contributed by atoms with Crippen molar-refractivity contribution in [3.63, 3.8) is 0 Å². The molecule has 5 fully saturated rings. The third-order valence-electron chi connectivity index (χ3n) is 8.28. The van der Waals surface area contributed by atoms with E-state index in [9.17, 15) is 5.11 Å². The molecule has 0 unspecified atom stereocenters. The summed E-state index contributed by atoms with van der Waals surface area (Å²) in [4.78, 5) is 4.72. The number of benzene rings is 1. The molecule has 0 radical (unpaired) electrons. The van der Waals surface area contributed by atoms with Crippen molar-refractivity contribution in [1.29, 1.82) is 0 Å². The Hall–Kier alpha value is -0.850. The Morgan fingerprint density at radius 1 is 1.03 bits per heavy atom. The SMILES string of the molecule is Cc1ccc(Cl)cc1N1CCN(C[C@H](O)COCCOC23CC4CC(CC(C4)C2)C3)CC1. The topological polar surface area (TPSA) is 45.2 Å². The Morgan fingerprint density at radius 2 is 1.69 bits per heavy atom. The third kappa shape index (κ3) is 5.28. The van der Waals surface area contributed by atoms with Gasteiger partial charge in [-0.15, -0.1) is 0 Å². The average Bonchev–Trinajstić information content (AvgIpc) is 2.75. The summed E-state index contributed by atoms with van der Waals surface area (Å²) in [7, 11) is 0. The smallest absolute Gasteiger partial charge is 0.0900 e. The number of ether oxygens (including phenoxy) is 2. The standard InChI is InChI=1S/C26H39ClN2O3/c1-19-2-3-23(27)13-25(19)29-6-4-28(5-7-29)17-24(30)18-31-8-9-32-26-14-20-10-21(15-26)12-22(11-20)16-26/h2-3,13,20-22,24,30H,4-12,14-18H2,1H3/t20?,21?,22?,24-,26?/m0/s1. The minimum atomic E-state index is -0.450. The van der Waals surface area contributed by atoms with Crippen LogP contribution in [-0.4, -0.2) is 74.3 Å². The number of aliphatic hydroxyl groups is 1. The summed E-state index contributed by atoms with van der Waals surface area (Å²) in [6, 6.07) is 6.08. The second-order valence-corrected chi connectivity index (χ2v) is 11.3. The molecule has 0 amide bonds. The lowest BCUT2D eigenvalue weighted by Crippen LogP contribution is -2.52. The van der Waals surface area contributed by atoms with E-state index in [1.54, 1.807) is 0 Å². The fourth-order valence-corrected chi connectivity index (χ4v) is 7.36. The maximum Gasteiger partial charge on any atom is 0.0900 e. The van der Waals surface area contributed by atoms with Gasteiger partial charge in [-0.2, -0.15) is 0 Å². The maximum atomic E-state index is 10.5. The third-order valence-corrected chi connectivity index (χ3v) is 8.52. The van der Waals surface area contributed by atoms with Gasteiger partial charge >= 0.3 is 0 Å². The van der Waals surface area contributed by atoms with Gasteiger partial charge in [0.25, 0.3) is 0 Å². The van der Waals surface area contributed by atoms with Gasteiger partial charge in [-0.3, -0.25) is 4.90 Å². The van der Waals surface area contributed by atoms with Gasteiger partial charge in [-0.1, -0.05) is 17.7 Å². The molecule has 1 atom stereocenters. The number of halogens is 1. The fourth-order valence-electron chi connectivity index (χ4n) is 7.19. The van der Waals surface area contributed by atoms with E-state index in [0.29, 0.717) is 26.4 Å². The van der Waals surface area contributed by atoms with E-state index < -0.39 is 6.10 Å². The van der Waals surface area contributed by atoms with Crippen molar-refractivity contribution in [2.45, 2.75) is 57.2 Å². The van der Waals surface area contributed by atoms with Gasteiger partial charge in [-0.25, -0.2) is 0 Å². The van der Waals surface area contributed by atoms with Crippen LogP contribution in [0.25, 0.3) is 0 Å². The van der Waals surface area contributed by atoms with Crippen LogP contribution in [-0.2, 0) is 9.47 Å². The van der Waals surface area contributed by atoms with Gasteiger partial charge < -0.3 is 19.5 Å². The first-order chi connectivity index (χ1) is 15.5. The van der Waals surface area contributed by atoms with Crippen LogP contribution in [0.15, 0.2) is 18.2 Å². The van der Waals surface area contributed by atoms with Crippen molar-refractivity contribution in [2.24, 2.45) is 17.8 Å². The van der Waals surface area contributed by atoms with E-state index >= 15 is 0 Å². The van der Waals surface area contributed by atoms with E-state index in [4.69, 9.17) is 21.1 Å². The van der Waals surface area contributed by atoms with Crippen molar-refractivity contribution < 1.29 is 14.6 Å². The second-order valence-electron chi connectivity index (χ2n) is 10.9. The summed E-state index contributed by atoms with van der Waals surface area (Å²) in [5, 5.41) is 11.2. The monoisotopic (exact) mass is 462 g/mol. The molecule has 4 aliphatic carbocycles. The molecule has 6 heteroatoms. The first-order valence-electron chi connectivity index (χ1n) is 12.6. The van der Waals surface area contributed by atoms with Gasteiger partial charge in [0.15, 0.2) is 0 Å². The lowest BCUT2D eigenvalue weighted by Gasteiger charge is -2.56. The van der Waals surface area contributed by atoms with Gasteiger partial charge in [0.05, 0.1) is 31.5 Å². The summed E-state index contributed by atoms with van der Waals surface area (Å²) in [6.07, 6.45) is 7.68. The minimum Gasteiger partial charge on any atom is -0.389 e. The van der Waals surface area contributed by atoms with Crippen molar-refractivity contribution in [3.8, 4) is 0 Å². The Balaban J connectivity index is 0.977. The number of hydrogen-bond acceptors (Lipinski definition) is 5. The molecule has 1 aliphatic heterocycles. The molecule has 1 aromatic carbocycles.